The molecule has 0 unspecified atom stereocenters. The molecule has 3 aliphatic rings. The highest BCUT2D eigenvalue weighted by Gasteiger charge is 2.43. The molecule has 17 rings (SSSR count). The van der Waals surface area contributed by atoms with Crippen molar-refractivity contribution >= 4 is 121 Å². The Balaban J connectivity index is 1.13. The zero-order valence-electron chi connectivity index (χ0n) is 34.4. The lowest BCUT2D eigenvalue weighted by Crippen LogP contribution is -2.59. The van der Waals surface area contributed by atoms with Gasteiger partial charge in [-0.15, -0.1) is 0 Å². The summed E-state index contributed by atoms with van der Waals surface area (Å²) in [6, 6.07) is 73.9. The summed E-state index contributed by atoms with van der Waals surface area (Å²) in [5, 5.41) is 15.7. The summed E-state index contributed by atoms with van der Waals surface area (Å²) in [4.78, 5) is 0. The van der Waals surface area contributed by atoms with Gasteiger partial charge in [-0.05, 0) is 107 Å². The van der Waals surface area contributed by atoms with Gasteiger partial charge in [0.25, 0.3) is 6.71 Å². The van der Waals surface area contributed by atoms with Gasteiger partial charge in [0.2, 0.25) is 0 Å². The zero-order valence-corrected chi connectivity index (χ0v) is 34.4. The molecule has 11 aromatic carbocycles. The predicted molar refractivity (Wildman–Crippen MR) is 271 cm³/mol. The largest absolute Gasteiger partial charge is 0.310 e. The molecule has 0 fully saturated rings. The van der Waals surface area contributed by atoms with E-state index in [4.69, 9.17) is 0 Å². The number of hydrogen-bond donors (Lipinski definition) is 0. The molecular weight excluding hydrogens is 773 g/mol. The van der Waals surface area contributed by atoms with Gasteiger partial charge in [-0.25, -0.2) is 0 Å². The first-order valence-corrected chi connectivity index (χ1v) is 22.5. The maximum Gasteiger partial charge on any atom is 0.252 e. The van der Waals surface area contributed by atoms with Crippen LogP contribution in [0, 0.1) is 0 Å². The standard InChI is InChI=1S/C60H32BN3/c1-3-15-37-33(12-1)24-28-49-54(37)43-19-7-9-22-47(43)62(49)36-31-51-58-52(32-36)64-50-29-25-34-14-11-21-41-39-17-5-6-18-40(39)42-26-27-45(59(64)56(42)57(50)53(34)41)61(58)46-30-35-13-2-4-16-38(35)55-44-20-8-10-23-48(44)63(51)60(46)55/h1-32H. The first kappa shape index (κ1) is 32.4. The van der Waals surface area contributed by atoms with Crippen LogP contribution in [0.3, 0.4) is 0 Å². The van der Waals surface area contributed by atoms with E-state index < -0.39 is 0 Å². The van der Waals surface area contributed by atoms with Crippen molar-refractivity contribution in [2.45, 2.75) is 0 Å². The van der Waals surface area contributed by atoms with Crippen molar-refractivity contribution in [1.29, 1.82) is 0 Å². The first-order valence-electron chi connectivity index (χ1n) is 22.5. The highest BCUT2D eigenvalue weighted by atomic mass is 15.1. The molecule has 5 heterocycles. The number of para-hydroxylation sites is 2. The summed E-state index contributed by atoms with van der Waals surface area (Å²) in [5.74, 6) is 0. The van der Waals surface area contributed by atoms with E-state index in [1.807, 2.05) is 0 Å². The molecule has 0 saturated heterocycles. The molecule has 0 saturated carbocycles. The molecule has 0 amide bonds. The Morgan fingerprint density at radius 2 is 0.844 bits per heavy atom. The van der Waals surface area contributed by atoms with E-state index in [9.17, 15) is 0 Å². The van der Waals surface area contributed by atoms with E-state index in [1.54, 1.807) is 0 Å². The van der Waals surface area contributed by atoms with Crippen molar-refractivity contribution in [3.63, 3.8) is 0 Å². The van der Waals surface area contributed by atoms with Gasteiger partial charge >= 0.3 is 0 Å². The summed E-state index contributed by atoms with van der Waals surface area (Å²) in [6.07, 6.45) is 0. The Hall–Kier alpha value is -8.34. The summed E-state index contributed by atoms with van der Waals surface area (Å²) >= 11 is 0. The number of hydrogen-bond acceptors (Lipinski definition) is 0. The number of aromatic nitrogens is 3. The van der Waals surface area contributed by atoms with Crippen molar-refractivity contribution < 1.29 is 0 Å². The normalized spacial score (nSPS) is 13.3. The van der Waals surface area contributed by atoms with Crippen LogP contribution in [0.4, 0.5) is 0 Å². The monoisotopic (exact) mass is 805 g/mol. The van der Waals surface area contributed by atoms with Gasteiger partial charge in [-0.3, -0.25) is 0 Å². The van der Waals surface area contributed by atoms with Gasteiger partial charge in [-0.2, -0.15) is 0 Å². The Bertz CT molecular complexity index is 4560. The Kier molecular flexibility index (Phi) is 5.56. The van der Waals surface area contributed by atoms with E-state index in [0.29, 0.717) is 0 Å². The highest BCUT2D eigenvalue weighted by Crippen LogP contribution is 2.51. The maximum atomic E-state index is 2.67. The molecule has 0 spiro atoms. The summed E-state index contributed by atoms with van der Waals surface area (Å²) in [6.45, 7) is 0.0140. The van der Waals surface area contributed by atoms with E-state index in [-0.39, 0.29) is 6.71 Å². The molecule has 2 aliphatic heterocycles. The van der Waals surface area contributed by atoms with Crippen molar-refractivity contribution in [3.05, 3.63) is 194 Å². The molecule has 4 heteroatoms. The molecule has 14 aromatic rings. The quantitative estimate of drug-likeness (QED) is 0.147. The fourth-order valence-corrected chi connectivity index (χ4v) is 13.2. The topological polar surface area (TPSA) is 14.8 Å². The van der Waals surface area contributed by atoms with Gasteiger partial charge < -0.3 is 13.7 Å². The second-order valence-electron chi connectivity index (χ2n) is 18.3. The lowest BCUT2D eigenvalue weighted by Gasteiger charge is -2.35. The van der Waals surface area contributed by atoms with Crippen LogP contribution in [0.25, 0.3) is 137 Å². The number of fused-ring (bicyclic) bond motifs is 18. The number of nitrogens with zero attached hydrogens (tertiary/aromatic N) is 3. The SMILES string of the molecule is c1ccc2c(c1)-c1cccc3ccc4c(c13)c1c-2ccc2c1n4-c1cc(-n3c4ccccc4c4c5ccccc5ccc43)cc3c1B2c1cc2ccccc2c2c4ccccc4n-3c12. The van der Waals surface area contributed by atoms with Crippen molar-refractivity contribution in [3.8, 4) is 39.3 Å². The average molecular weight is 806 g/mol. The number of rotatable bonds is 1. The molecule has 0 N–H and O–H groups in total. The van der Waals surface area contributed by atoms with E-state index in [2.05, 4.69) is 208 Å². The third-order valence-electron chi connectivity index (χ3n) is 15.5. The lowest BCUT2D eigenvalue weighted by atomic mass is 9.34. The summed E-state index contributed by atoms with van der Waals surface area (Å²) < 4.78 is 7.85. The first-order chi connectivity index (χ1) is 31.8. The van der Waals surface area contributed by atoms with Gasteiger partial charge in [0.05, 0.1) is 38.8 Å². The smallest absolute Gasteiger partial charge is 0.252 e. The third kappa shape index (κ3) is 3.59. The van der Waals surface area contributed by atoms with E-state index >= 15 is 0 Å². The van der Waals surface area contributed by atoms with Crippen LogP contribution in [-0.2, 0) is 0 Å². The summed E-state index contributed by atoms with van der Waals surface area (Å²) in [7, 11) is 0. The van der Waals surface area contributed by atoms with E-state index in [1.165, 1.54) is 148 Å². The fourth-order valence-electron chi connectivity index (χ4n) is 13.2. The molecule has 3 nitrogen and oxygen atoms in total. The van der Waals surface area contributed by atoms with Crippen LogP contribution < -0.4 is 16.4 Å². The fraction of sp³-hybridized carbons (Fsp3) is 0. The summed E-state index contributed by atoms with van der Waals surface area (Å²) in [5.41, 5.74) is 20.6. The molecule has 64 heavy (non-hydrogen) atoms. The van der Waals surface area contributed by atoms with E-state index in [0.717, 1.165) is 5.69 Å². The lowest BCUT2D eigenvalue weighted by molar-refractivity contribution is 1.10. The van der Waals surface area contributed by atoms with Crippen LogP contribution in [-0.4, -0.2) is 20.4 Å². The second-order valence-corrected chi connectivity index (χ2v) is 18.3. The molecule has 3 aromatic heterocycles. The third-order valence-corrected chi connectivity index (χ3v) is 15.5. The minimum atomic E-state index is 0.0140. The van der Waals surface area contributed by atoms with Gasteiger partial charge in [0, 0.05) is 43.7 Å². The van der Waals surface area contributed by atoms with Crippen LogP contribution in [0.15, 0.2) is 194 Å². The minimum Gasteiger partial charge on any atom is -0.310 e. The highest BCUT2D eigenvalue weighted by molar-refractivity contribution is 7.00. The average Bonchev–Trinajstić information content (AvgIpc) is 3.98. The molecule has 0 bridgehead atoms. The van der Waals surface area contributed by atoms with Crippen LogP contribution >= 0.6 is 0 Å². The van der Waals surface area contributed by atoms with Gasteiger partial charge in [-0.1, -0.05) is 158 Å². The Morgan fingerprint density at radius 1 is 0.297 bits per heavy atom. The molecule has 0 atom stereocenters. The molecule has 1 aliphatic carbocycles. The van der Waals surface area contributed by atoms with Crippen LogP contribution in [0.5, 0.6) is 0 Å². The van der Waals surface area contributed by atoms with Gasteiger partial charge in [0.1, 0.15) is 0 Å². The second kappa shape index (κ2) is 11.0. The minimum absolute atomic E-state index is 0.0140. The molecule has 290 valence electrons. The Labute approximate surface area is 366 Å². The molecular formula is C60H32BN3. The van der Waals surface area contributed by atoms with Crippen molar-refractivity contribution in [2.24, 2.45) is 0 Å². The maximum absolute atomic E-state index is 2.67. The van der Waals surface area contributed by atoms with Crippen molar-refractivity contribution in [1.82, 2.24) is 13.7 Å². The molecule has 0 radical (unpaired) electrons. The Morgan fingerprint density at radius 3 is 1.62 bits per heavy atom. The van der Waals surface area contributed by atoms with Crippen LogP contribution in [0.2, 0.25) is 0 Å². The zero-order chi connectivity index (χ0) is 41.1. The van der Waals surface area contributed by atoms with Crippen molar-refractivity contribution in [2.75, 3.05) is 0 Å². The predicted octanol–water partition coefficient (Wildman–Crippen LogP) is 13.2. The number of benzene rings is 11. The van der Waals surface area contributed by atoms with Crippen LogP contribution in [0.1, 0.15) is 0 Å². The van der Waals surface area contributed by atoms with Gasteiger partial charge in [0.15, 0.2) is 0 Å².